The first-order valence-corrected chi connectivity index (χ1v) is 11.3. The minimum absolute atomic E-state index is 0. The highest BCUT2D eigenvalue weighted by Crippen LogP contribution is 2.30. The van der Waals surface area contributed by atoms with Gasteiger partial charge in [0.1, 0.15) is 11.8 Å². The number of H-pyrrole nitrogens is 2. The first-order chi connectivity index (χ1) is 17.0. The van der Waals surface area contributed by atoms with Crippen molar-refractivity contribution in [1.82, 2.24) is 15.3 Å². The number of aromatic amines is 2. The van der Waals surface area contributed by atoms with Gasteiger partial charge in [-0.15, -0.1) is 0 Å². The Bertz CT molecular complexity index is 1320. The maximum Gasteiger partial charge on any atom is 0.346 e. The summed E-state index contributed by atoms with van der Waals surface area (Å²) in [6.45, 7) is 5.17. The van der Waals surface area contributed by atoms with Crippen LogP contribution in [-0.4, -0.2) is 46.4 Å². The molecular weight excluding hydrogens is 500 g/mol. The molecule has 1 atom stereocenters. The van der Waals surface area contributed by atoms with Gasteiger partial charge in [-0.3, -0.25) is 14.4 Å². The Balaban J connectivity index is 0.00000481. The molecule has 3 rings (SSSR count). The lowest BCUT2D eigenvalue weighted by atomic mass is 9.79. The van der Waals surface area contributed by atoms with Crippen LogP contribution in [0.4, 0.5) is 0 Å². The number of ketones is 1. The molecular formula is C26H29ClN4O6. The number of halogens is 1. The van der Waals surface area contributed by atoms with E-state index < -0.39 is 28.8 Å². The van der Waals surface area contributed by atoms with Crippen LogP contribution in [0.5, 0.6) is 5.88 Å². The second kappa shape index (κ2) is 12.3. The molecule has 0 bridgehead atoms. The SMILES string of the molecule is COc1ccc(-c2ccc(C(C)(C)CC(=O)c3c[nH+]c(C(=O)NCC(C)C(=O)O)[nH]c3=O)cc2)cn1.[Cl-]. The minimum Gasteiger partial charge on any atom is -1.00 e. The van der Waals surface area contributed by atoms with Crippen LogP contribution in [-0.2, 0) is 10.2 Å². The maximum atomic E-state index is 12.9. The van der Waals surface area contributed by atoms with Crippen LogP contribution in [0.2, 0.25) is 0 Å². The Labute approximate surface area is 219 Å². The first kappa shape index (κ1) is 29.2. The van der Waals surface area contributed by atoms with Crippen LogP contribution in [0.15, 0.2) is 53.6 Å². The summed E-state index contributed by atoms with van der Waals surface area (Å²) < 4.78 is 5.09. The van der Waals surface area contributed by atoms with E-state index in [1.165, 1.54) is 13.1 Å². The van der Waals surface area contributed by atoms with Gasteiger partial charge in [0, 0.05) is 30.8 Å². The Morgan fingerprint density at radius 2 is 1.78 bits per heavy atom. The second-order valence-corrected chi connectivity index (χ2v) is 9.13. The van der Waals surface area contributed by atoms with Crippen molar-refractivity contribution < 1.29 is 41.6 Å². The van der Waals surface area contributed by atoms with Gasteiger partial charge in [-0.25, -0.2) is 19.7 Å². The molecule has 0 fully saturated rings. The third-order valence-electron chi connectivity index (χ3n) is 5.91. The van der Waals surface area contributed by atoms with Gasteiger partial charge in [0.25, 0.3) is 0 Å². The van der Waals surface area contributed by atoms with Gasteiger partial charge in [-0.05, 0) is 22.6 Å². The number of pyridine rings is 1. The van der Waals surface area contributed by atoms with Crippen LogP contribution in [0.1, 0.15) is 53.7 Å². The van der Waals surface area contributed by atoms with E-state index in [0.717, 1.165) is 16.7 Å². The van der Waals surface area contributed by atoms with E-state index in [0.29, 0.717) is 5.88 Å². The van der Waals surface area contributed by atoms with E-state index in [-0.39, 0.29) is 42.5 Å². The average Bonchev–Trinajstić information content (AvgIpc) is 2.86. The Morgan fingerprint density at radius 1 is 1.14 bits per heavy atom. The fraction of sp³-hybridized carbons (Fsp3) is 0.308. The molecule has 1 amide bonds. The van der Waals surface area contributed by atoms with E-state index in [1.54, 1.807) is 19.4 Å². The lowest BCUT2D eigenvalue weighted by Gasteiger charge is -2.24. The molecule has 11 heteroatoms. The number of ether oxygens (including phenoxy) is 1. The maximum absolute atomic E-state index is 12.9. The Kier molecular flexibility index (Phi) is 9.67. The molecule has 0 aliphatic rings. The second-order valence-electron chi connectivity index (χ2n) is 9.13. The molecule has 0 spiro atoms. The molecule has 3 aromatic rings. The van der Waals surface area contributed by atoms with Gasteiger partial charge in [-0.2, -0.15) is 0 Å². The number of methoxy groups -OCH3 is 1. The van der Waals surface area contributed by atoms with E-state index in [9.17, 15) is 19.2 Å². The highest BCUT2D eigenvalue weighted by molar-refractivity contribution is 5.96. The first-order valence-electron chi connectivity index (χ1n) is 11.3. The predicted molar refractivity (Wildman–Crippen MR) is 131 cm³/mol. The molecule has 2 aromatic heterocycles. The van der Waals surface area contributed by atoms with Crippen LogP contribution >= 0.6 is 0 Å². The number of carbonyl (C=O) groups excluding carboxylic acids is 2. The number of Topliss-reactive ketones (excluding diaryl/α,β-unsaturated/α-hetero) is 1. The number of carboxylic acid groups (broad SMARTS) is 1. The smallest absolute Gasteiger partial charge is 0.346 e. The number of aromatic nitrogens is 3. The summed E-state index contributed by atoms with van der Waals surface area (Å²) in [6.07, 6.45) is 2.99. The van der Waals surface area contributed by atoms with E-state index in [4.69, 9.17) is 9.84 Å². The number of carbonyl (C=O) groups is 3. The fourth-order valence-corrected chi connectivity index (χ4v) is 3.56. The number of amides is 1. The average molecular weight is 529 g/mol. The number of nitrogens with zero attached hydrogens (tertiary/aromatic N) is 1. The highest BCUT2D eigenvalue weighted by Gasteiger charge is 2.28. The normalized spacial score (nSPS) is 11.7. The topological polar surface area (TPSA) is 153 Å². The van der Waals surface area contributed by atoms with Gasteiger partial charge < -0.3 is 27.6 Å². The number of hydrogen-bond donors (Lipinski definition) is 3. The Morgan fingerprint density at radius 3 is 2.32 bits per heavy atom. The fourth-order valence-electron chi connectivity index (χ4n) is 3.56. The molecule has 0 saturated heterocycles. The number of rotatable bonds is 10. The quantitative estimate of drug-likeness (QED) is 0.293. The molecule has 0 aliphatic carbocycles. The summed E-state index contributed by atoms with van der Waals surface area (Å²) in [4.78, 5) is 57.7. The van der Waals surface area contributed by atoms with Gasteiger partial charge in [0.2, 0.25) is 5.88 Å². The van der Waals surface area contributed by atoms with Crippen LogP contribution in [0.3, 0.4) is 0 Å². The molecule has 4 N–H and O–H groups in total. The molecule has 10 nitrogen and oxygen atoms in total. The number of hydrogen-bond acceptors (Lipinski definition) is 6. The number of aliphatic carboxylic acids is 1. The summed E-state index contributed by atoms with van der Waals surface area (Å²) in [5.41, 5.74) is 1.45. The zero-order valence-electron chi connectivity index (χ0n) is 20.9. The summed E-state index contributed by atoms with van der Waals surface area (Å²) in [7, 11) is 1.56. The van der Waals surface area contributed by atoms with Crippen molar-refractivity contribution in [2.45, 2.75) is 32.6 Å². The molecule has 0 saturated carbocycles. The standard InChI is InChI=1S/C26H28N4O6.ClH/c1-15(25(34)35)12-29-24(33)22-28-14-19(23(32)30-22)20(31)11-26(2,3)18-8-5-16(6-9-18)17-7-10-21(36-4)27-13-17;/h5-10,13-15H,11-12H2,1-4H3,(H,29,33)(H,34,35)(H,28,30,32);1H. The summed E-state index contributed by atoms with van der Waals surface area (Å²) in [5, 5.41) is 11.3. The number of benzene rings is 1. The van der Waals surface area contributed by atoms with Crippen molar-refractivity contribution in [3.63, 3.8) is 0 Å². The zero-order chi connectivity index (χ0) is 26.5. The third-order valence-corrected chi connectivity index (χ3v) is 5.91. The predicted octanol–water partition coefficient (Wildman–Crippen LogP) is -0.735. The number of carboxylic acids is 1. The summed E-state index contributed by atoms with van der Waals surface area (Å²) >= 11 is 0. The van der Waals surface area contributed by atoms with Gasteiger partial charge in [-0.1, -0.05) is 45.0 Å². The monoisotopic (exact) mass is 528 g/mol. The van der Waals surface area contributed by atoms with E-state index in [2.05, 4.69) is 20.3 Å². The van der Waals surface area contributed by atoms with Crippen LogP contribution in [0, 0.1) is 5.92 Å². The summed E-state index contributed by atoms with van der Waals surface area (Å²) in [6, 6.07) is 11.5. The van der Waals surface area contributed by atoms with Crippen LogP contribution in [0.25, 0.3) is 11.1 Å². The minimum atomic E-state index is -1.05. The van der Waals surface area contributed by atoms with Gasteiger partial charge >= 0.3 is 23.3 Å². The van der Waals surface area contributed by atoms with Crippen molar-refractivity contribution in [1.29, 1.82) is 0 Å². The molecule has 1 aromatic carbocycles. The number of nitrogens with one attached hydrogen (secondary N) is 3. The van der Waals surface area contributed by atoms with Crippen molar-refractivity contribution in [2.75, 3.05) is 13.7 Å². The summed E-state index contributed by atoms with van der Waals surface area (Å²) in [5.74, 6) is -2.53. The van der Waals surface area contributed by atoms with Gasteiger partial charge in [0.15, 0.2) is 5.78 Å². The van der Waals surface area contributed by atoms with E-state index >= 15 is 0 Å². The lowest BCUT2D eigenvalue weighted by molar-refractivity contribution is -0.387. The van der Waals surface area contributed by atoms with Gasteiger partial charge in [0.05, 0.1) is 13.0 Å². The molecule has 196 valence electrons. The lowest BCUT2D eigenvalue weighted by Crippen LogP contribution is -3.00. The highest BCUT2D eigenvalue weighted by atomic mass is 35.5. The van der Waals surface area contributed by atoms with Crippen LogP contribution < -0.4 is 33.0 Å². The molecule has 2 heterocycles. The van der Waals surface area contributed by atoms with Crippen molar-refractivity contribution in [3.8, 4) is 17.0 Å². The molecule has 37 heavy (non-hydrogen) atoms. The Hall–Kier alpha value is -4.05. The third kappa shape index (κ3) is 7.23. The van der Waals surface area contributed by atoms with Crippen molar-refractivity contribution in [3.05, 3.63) is 76.1 Å². The molecule has 0 radical (unpaired) electrons. The molecule has 1 unspecified atom stereocenters. The largest absolute Gasteiger partial charge is 1.00 e. The molecule has 0 aliphatic heterocycles. The zero-order valence-corrected chi connectivity index (χ0v) is 21.7. The van der Waals surface area contributed by atoms with Crippen molar-refractivity contribution >= 4 is 17.7 Å². The van der Waals surface area contributed by atoms with E-state index in [1.807, 2.05) is 44.2 Å². The van der Waals surface area contributed by atoms with Crippen molar-refractivity contribution in [2.24, 2.45) is 5.92 Å².